The first-order valence-corrected chi connectivity index (χ1v) is 12.3. The van der Waals surface area contributed by atoms with Gasteiger partial charge in [0, 0.05) is 32.1 Å². The maximum Gasteiger partial charge on any atom is 0.223 e. The highest BCUT2D eigenvalue weighted by atomic mass is 16.2. The predicted octanol–water partition coefficient (Wildman–Crippen LogP) is 6.98. The van der Waals surface area contributed by atoms with E-state index >= 15 is 0 Å². The molecule has 1 aliphatic rings. The number of hydrogen-bond acceptors (Lipinski definition) is 2. The van der Waals surface area contributed by atoms with Gasteiger partial charge in [0.2, 0.25) is 5.91 Å². The van der Waals surface area contributed by atoms with E-state index in [4.69, 9.17) is 0 Å². The molecule has 0 spiro atoms. The molecule has 1 fully saturated rings. The SMILES string of the molecule is CCC1CNCCN1C(=O)CC(/C=C(\C)CCC=C(C)C)C/C=C(\C)CCC=C(C)C. The van der Waals surface area contributed by atoms with Crippen LogP contribution in [0.25, 0.3) is 0 Å². The minimum absolute atomic E-state index is 0.282. The first-order chi connectivity index (χ1) is 14.7. The Morgan fingerprint density at radius 3 is 2.16 bits per heavy atom. The van der Waals surface area contributed by atoms with Crippen molar-refractivity contribution in [3.05, 3.63) is 46.6 Å². The standard InChI is InChI=1S/C28H48N2O/c1-8-27-21-29-17-18-30(27)28(31)20-26(19-25(7)14-10-12-23(4)5)16-15-24(6)13-9-11-22(2)3/h11-12,15,19,26-27,29H,8-10,13-14,16-18,20-21H2,1-7H3/b24-15+,25-19+. The van der Waals surface area contributed by atoms with Crippen LogP contribution in [0.3, 0.4) is 0 Å². The largest absolute Gasteiger partial charge is 0.337 e. The Bertz CT molecular complexity index is 660. The van der Waals surface area contributed by atoms with E-state index < -0.39 is 0 Å². The molecule has 1 saturated heterocycles. The van der Waals surface area contributed by atoms with Gasteiger partial charge in [0.05, 0.1) is 0 Å². The van der Waals surface area contributed by atoms with E-state index in [-0.39, 0.29) is 5.92 Å². The van der Waals surface area contributed by atoms with Crippen LogP contribution in [0, 0.1) is 5.92 Å². The average molecular weight is 429 g/mol. The Labute approximate surface area is 192 Å². The number of carbonyl (C=O) groups is 1. The fourth-order valence-corrected chi connectivity index (χ4v) is 4.12. The number of piperazine rings is 1. The third kappa shape index (κ3) is 12.1. The van der Waals surface area contributed by atoms with Crippen molar-refractivity contribution >= 4 is 5.91 Å². The third-order valence-corrected chi connectivity index (χ3v) is 6.05. The first kappa shape index (κ1) is 27.4. The molecule has 2 unspecified atom stereocenters. The molecular weight excluding hydrogens is 380 g/mol. The molecule has 3 heteroatoms. The van der Waals surface area contributed by atoms with Crippen molar-refractivity contribution in [2.24, 2.45) is 5.92 Å². The van der Waals surface area contributed by atoms with E-state index in [2.05, 4.69) is 83.0 Å². The smallest absolute Gasteiger partial charge is 0.223 e. The zero-order chi connectivity index (χ0) is 23.2. The molecule has 176 valence electrons. The monoisotopic (exact) mass is 428 g/mol. The highest BCUT2D eigenvalue weighted by Crippen LogP contribution is 2.21. The molecule has 0 bridgehead atoms. The molecule has 2 atom stereocenters. The van der Waals surface area contributed by atoms with E-state index in [1.807, 2.05) is 0 Å². The summed E-state index contributed by atoms with van der Waals surface area (Å²) in [5.74, 6) is 0.604. The van der Waals surface area contributed by atoms with Crippen LogP contribution in [0.5, 0.6) is 0 Å². The maximum absolute atomic E-state index is 13.2. The molecule has 0 aromatic rings. The molecule has 0 aliphatic carbocycles. The molecule has 1 amide bonds. The van der Waals surface area contributed by atoms with Gasteiger partial charge in [-0.25, -0.2) is 0 Å². The van der Waals surface area contributed by atoms with Crippen LogP contribution in [0.2, 0.25) is 0 Å². The molecular formula is C28H48N2O. The van der Waals surface area contributed by atoms with Crippen LogP contribution in [0.4, 0.5) is 0 Å². The van der Waals surface area contributed by atoms with Crippen LogP contribution < -0.4 is 5.32 Å². The number of allylic oxidation sites excluding steroid dienone is 8. The summed E-state index contributed by atoms with van der Waals surface area (Å²) in [6, 6.07) is 0.339. The lowest BCUT2D eigenvalue weighted by molar-refractivity contribution is -0.135. The molecule has 0 radical (unpaired) electrons. The second kappa shape index (κ2) is 15.2. The number of amides is 1. The first-order valence-electron chi connectivity index (χ1n) is 12.3. The number of hydrogen-bond donors (Lipinski definition) is 1. The molecule has 3 nitrogen and oxygen atoms in total. The summed E-state index contributed by atoms with van der Waals surface area (Å²) in [7, 11) is 0. The fraction of sp³-hybridized carbons (Fsp3) is 0.679. The molecule has 1 heterocycles. The highest BCUT2D eigenvalue weighted by Gasteiger charge is 2.26. The average Bonchev–Trinajstić information content (AvgIpc) is 2.71. The summed E-state index contributed by atoms with van der Waals surface area (Å²) in [6.45, 7) is 17.9. The van der Waals surface area contributed by atoms with Crippen molar-refractivity contribution in [1.29, 1.82) is 0 Å². The quantitative estimate of drug-likeness (QED) is 0.340. The topological polar surface area (TPSA) is 32.3 Å². The van der Waals surface area contributed by atoms with Gasteiger partial charge >= 0.3 is 0 Å². The predicted molar refractivity (Wildman–Crippen MR) is 136 cm³/mol. The van der Waals surface area contributed by atoms with Gasteiger partial charge < -0.3 is 10.2 Å². The van der Waals surface area contributed by atoms with Crippen molar-refractivity contribution in [3.8, 4) is 0 Å². The Morgan fingerprint density at radius 2 is 1.58 bits per heavy atom. The van der Waals surface area contributed by atoms with Crippen molar-refractivity contribution in [2.75, 3.05) is 19.6 Å². The number of rotatable bonds is 12. The summed E-state index contributed by atoms with van der Waals surface area (Å²) < 4.78 is 0. The van der Waals surface area contributed by atoms with Crippen molar-refractivity contribution in [3.63, 3.8) is 0 Å². The number of carbonyl (C=O) groups excluding carboxylic acids is 1. The molecule has 0 aromatic heterocycles. The number of nitrogens with one attached hydrogen (secondary N) is 1. The lowest BCUT2D eigenvalue weighted by Gasteiger charge is -2.36. The molecule has 1 aliphatic heterocycles. The second-order valence-electron chi connectivity index (χ2n) is 9.76. The van der Waals surface area contributed by atoms with E-state index in [9.17, 15) is 4.79 Å². The third-order valence-electron chi connectivity index (χ3n) is 6.05. The van der Waals surface area contributed by atoms with Gasteiger partial charge in [0.1, 0.15) is 0 Å². The van der Waals surface area contributed by atoms with Gasteiger partial charge in [0.25, 0.3) is 0 Å². The van der Waals surface area contributed by atoms with Crippen LogP contribution in [-0.2, 0) is 4.79 Å². The van der Waals surface area contributed by atoms with E-state index in [1.54, 1.807) is 0 Å². The summed E-state index contributed by atoms with van der Waals surface area (Å²) in [4.78, 5) is 15.3. The lowest BCUT2D eigenvalue weighted by Crippen LogP contribution is -2.53. The summed E-state index contributed by atoms with van der Waals surface area (Å²) in [5.41, 5.74) is 5.59. The number of nitrogens with zero attached hydrogens (tertiary/aromatic N) is 1. The highest BCUT2D eigenvalue weighted by molar-refractivity contribution is 5.77. The Kier molecular flexibility index (Phi) is 13.5. The molecule has 1 rings (SSSR count). The van der Waals surface area contributed by atoms with Crippen LogP contribution in [0.1, 0.15) is 93.4 Å². The lowest BCUT2D eigenvalue weighted by atomic mass is 9.94. The molecule has 1 N–H and O–H groups in total. The van der Waals surface area contributed by atoms with Gasteiger partial charge in [-0.05, 0) is 86.0 Å². The van der Waals surface area contributed by atoms with Gasteiger partial charge in [-0.3, -0.25) is 4.79 Å². The summed E-state index contributed by atoms with van der Waals surface area (Å²) >= 11 is 0. The van der Waals surface area contributed by atoms with Crippen molar-refractivity contribution in [1.82, 2.24) is 10.2 Å². The summed E-state index contributed by atoms with van der Waals surface area (Å²) in [5, 5.41) is 3.43. The Morgan fingerprint density at radius 1 is 0.968 bits per heavy atom. The zero-order valence-corrected chi connectivity index (χ0v) is 21.4. The van der Waals surface area contributed by atoms with E-state index in [0.717, 1.165) is 58.2 Å². The second-order valence-corrected chi connectivity index (χ2v) is 9.76. The zero-order valence-electron chi connectivity index (χ0n) is 21.4. The van der Waals surface area contributed by atoms with E-state index in [1.165, 1.54) is 22.3 Å². The van der Waals surface area contributed by atoms with Gasteiger partial charge in [-0.15, -0.1) is 0 Å². The minimum atomic E-state index is 0.282. The Hall–Kier alpha value is -1.61. The minimum Gasteiger partial charge on any atom is -0.337 e. The van der Waals surface area contributed by atoms with Crippen molar-refractivity contribution < 1.29 is 4.79 Å². The van der Waals surface area contributed by atoms with Crippen molar-refractivity contribution in [2.45, 2.75) is 99.5 Å². The van der Waals surface area contributed by atoms with Gasteiger partial charge in [0.15, 0.2) is 0 Å². The molecule has 31 heavy (non-hydrogen) atoms. The fourth-order valence-electron chi connectivity index (χ4n) is 4.12. The van der Waals surface area contributed by atoms with Gasteiger partial charge in [-0.1, -0.05) is 53.5 Å². The van der Waals surface area contributed by atoms with Crippen LogP contribution >= 0.6 is 0 Å². The Balaban J connectivity index is 2.84. The maximum atomic E-state index is 13.2. The van der Waals surface area contributed by atoms with E-state index in [0.29, 0.717) is 18.4 Å². The van der Waals surface area contributed by atoms with Crippen LogP contribution in [0.15, 0.2) is 46.6 Å². The van der Waals surface area contributed by atoms with Crippen LogP contribution in [-0.4, -0.2) is 36.5 Å². The molecule has 0 aromatic carbocycles. The normalized spacial score (nSPS) is 18.5. The van der Waals surface area contributed by atoms with Gasteiger partial charge in [-0.2, -0.15) is 0 Å². The summed E-state index contributed by atoms with van der Waals surface area (Å²) in [6.07, 6.45) is 16.3. The molecule has 0 saturated carbocycles.